The summed E-state index contributed by atoms with van der Waals surface area (Å²) in [7, 11) is 0. The third kappa shape index (κ3) is 3.83. The second kappa shape index (κ2) is 6.97. The summed E-state index contributed by atoms with van der Waals surface area (Å²) in [4.78, 5) is 11.2. The summed E-state index contributed by atoms with van der Waals surface area (Å²) in [6.45, 7) is 0. The highest BCUT2D eigenvalue weighted by molar-refractivity contribution is 9.10. The van der Waals surface area contributed by atoms with Gasteiger partial charge in [-0.3, -0.25) is 4.79 Å². The molecule has 1 unspecified atom stereocenters. The Labute approximate surface area is 109 Å². The molecule has 0 saturated carbocycles. The lowest BCUT2D eigenvalue weighted by Gasteiger charge is -2.13. The van der Waals surface area contributed by atoms with Crippen LogP contribution in [-0.4, -0.2) is 23.1 Å². The molecule has 1 aromatic carbocycles. The molecule has 1 N–H and O–H groups in total. The molecule has 88 valence electrons. The molecular formula is C12H15BrO2S. The Kier molecular flexibility index (Phi) is 5.91. The van der Waals surface area contributed by atoms with Crippen LogP contribution in [0.1, 0.15) is 24.3 Å². The molecule has 2 nitrogen and oxygen atoms in total. The SMILES string of the molecule is CSCCCC(C(=O)O)c1ccccc1Br. The van der Waals surface area contributed by atoms with Crippen LogP contribution in [0, 0.1) is 0 Å². The van der Waals surface area contributed by atoms with Crippen molar-refractivity contribution in [1.29, 1.82) is 0 Å². The van der Waals surface area contributed by atoms with Gasteiger partial charge in [0, 0.05) is 4.47 Å². The summed E-state index contributed by atoms with van der Waals surface area (Å²) in [6, 6.07) is 7.54. The van der Waals surface area contributed by atoms with Crippen molar-refractivity contribution in [3.63, 3.8) is 0 Å². The van der Waals surface area contributed by atoms with E-state index in [0.29, 0.717) is 6.42 Å². The number of hydrogen-bond acceptors (Lipinski definition) is 2. The lowest BCUT2D eigenvalue weighted by atomic mass is 9.95. The molecule has 0 amide bonds. The second-order valence-electron chi connectivity index (χ2n) is 3.55. The largest absolute Gasteiger partial charge is 0.481 e. The molecule has 0 spiro atoms. The third-order valence-corrected chi connectivity index (χ3v) is 3.84. The minimum Gasteiger partial charge on any atom is -0.481 e. The van der Waals surface area contributed by atoms with Crippen LogP contribution in [0.4, 0.5) is 0 Å². The minimum absolute atomic E-state index is 0.400. The summed E-state index contributed by atoms with van der Waals surface area (Å²) < 4.78 is 0.881. The van der Waals surface area contributed by atoms with Crippen LogP contribution in [0.25, 0.3) is 0 Å². The molecule has 0 fully saturated rings. The highest BCUT2D eigenvalue weighted by Gasteiger charge is 2.21. The molecule has 1 rings (SSSR count). The maximum Gasteiger partial charge on any atom is 0.311 e. The maximum atomic E-state index is 11.2. The Bertz CT molecular complexity index is 355. The van der Waals surface area contributed by atoms with Crippen LogP contribution < -0.4 is 0 Å². The molecule has 0 heterocycles. The van der Waals surface area contributed by atoms with Crippen LogP contribution in [0.2, 0.25) is 0 Å². The van der Waals surface area contributed by atoms with E-state index < -0.39 is 11.9 Å². The standard InChI is InChI=1S/C12H15BrO2S/c1-16-8-4-6-10(12(14)15)9-5-2-3-7-11(9)13/h2-3,5,7,10H,4,6,8H2,1H3,(H,14,15). The van der Waals surface area contributed by atoms with Gasteiger partial charge in [-0.05, 0) is 36.5 Å². The highest BCUT2D eigenvalue weighted by atomic mass is 79.9. The number of carbonyl (C=O) groups is 1. The molecule has 0 aromatic heterocycles. The number of carboxylic acids is 1. The molecule has 0 saturated heterocycles. The summed E-state index contributed by atoms with van der Waals surface area (Å²) in [6.07, 6.45) is 3.66. The summed E-state index contributed by atoms with van der Waals surface area (Å²) in [5.74, 6) is -0.135. The van der Waals surface area contributed by atoms with E-state index in [9.17, 15) is 9.90 Å². The maximum absolute atomic E-state index is 11.2. The fraction of sp³-hybridized carbons (Fsp3) is 0.417. The zero-order valence-corrected chi connectivity index (χ0v) is 11.6. The van der Waals surface area contributed by atoms with Crippen molar-refractivity contribution in [3.8, 4) is 0 Å². The predicted molar refractivity (Wildman–Crippen MR) is 72.1 cm³/mol. The lowest BCUT2D eigenvalue weighted by molar-refractivity contribution is -0.139. The zero-order chi connectivity index (χ0) is 12.0. The van der Waals surface area contributed by atoms with Gasteiger partial charge in [0.05, 0.1) is 5.92 Å². The van der Waals surface area contributed by atoms with Crippen LogP contribution in [0.3, 0.4) is 0 Å². The van der Waals surface area contributed by atoms with Crippen LogP contribution >= 0.6 is 27.7 Å². The van der Waals surface area contributed by atoms with E-state index in [-0.39, 0.29) is 0 Å². The van der Waals surface area contributed by atoms with Gasteiger partial charge in [0.25, 0.3) is 0 Å². The van der Waals surface area contributed by atoms with Gasteiger partial charge in [0.2, 0.25) is 0 Å². The normalized spacial score (nSPS) is 12.4. The zero-order valence-electron chi connectivity index (χ0n) is 9.15. The topological polar surface area (TPSA) is 37.3 Å². The summed E-state index contributed by atoms with van der Waals surface area (Å²) in [5.41, 5.74) is 0.871. The Hall–Kier alpha value is -0.480. The summed E-state index contributed by atoms with van der Waals surface area (Å²) in [5, 5.41) is 9.22. The van der Waals surface area contributed by atoms with Gasteiger partial charge < -0.3 is 5.11 Å². The molecule has 0 radical (unpaired) electrons. The summed E-state index contributed by atoms with van der Waals surface area (Å²) >= 11 is 5.16. The van der Waals surface area contributed by atoms with E-state index in [1.54, 1.807) is 11.8 Å². The second-order valence-corrected chi connectivity index (χ2v) is 5.39. The first-order valence-corrected chi connectivity index (χ1v) is 7.31. The molecule has 0 aliphatic carbocycles. The molecule has 1 atom stereocenters. The first kappa shape index (κ1) is 13.6. The molecular weight excluding hydrogens is 288 g/mol. The van der Waals surface area contributed by atoms with Gasteiger partial charge >= 0.3 is 5.97 Å². The minimum atomic E-state index is -0.743. The average molecular weight is 303 g/mol. The monoisotopic (exact) mass is 302 g/mol. The molecule has 4 heteroatoms. The molecule has 1 aromatic rings. The number of benzene rings is 1. The Morgan fingerprint density at radius 2 is 2.19 bits per heavy atom. The Morgan fingerprint density at radius 1 is 1.50 bits per heavy atom. The third-order valence-electron chi connectivity index (χ3n) is 2.42. The van der Waals surface area contributed by atoms with Crippen molar-refractivity contribution in [2.75, 3.05) is 12.0 Å². The van der Waals surface area contributed by atoms with Crippen molar-refractivity contribution in [3.05, 3.63) is 34.3 Å². The fourth-order valence-electron chi connectivity index (χ4n) is 1.60. The number of thioether (sulfide) groups is 1. The molecule has 0 bridgehead atoms. The first-order valence-electron chi connectivity index (χ1n) is 5.13. The number of hydrogen-bond donors (Lipinski definition) is 1. The number of rotatable bonds is 6. The molecule has 0 aliphatic rings. The first-order chi connectivity index (χ1) is 7.66. The van der Waals surface area contributed by atoms with Gasteiger partial charge in [0.15, 0.2) is 0 Å². The Morgan fingerprint density at radius 3 is 2.75 bits per heavy atom. The van der Waals surface area contributed by atoms with Gasteiger partial charge in [-0.25, -0.2) is 0 Å². The van der Waals surface area contributed by atoms with Crippen molar-refractivity contribution >= 4 is 33.7 Å². The smallest absolute Gasteiger partial charge is 0.311 e. The van der Waals surface area contributed by atoms with Crippen molar-refractivity contribution in [2.24, 2.45) is 0 Å². The molecule has 0 aliphatic heterocycles. The Balaban J connectivity index is 2.78. The van der Waals surface area contributed by atoms with Crippen LogP contribution in [0.15, 0.2) is 28.7 Å². The van der Waals surface area contributed by atoms with Gasteiger partial charge in [-0.15, -0.1) is 0 Å². The van der Waals surface area contributed by atoms with Crippen LogP contribution in [0.5, 0.6) is 0 Å². The van der Waals surface area contributed by atoms with E-state index in [1.165, 1.54) is 0 Å². The predicted octanol–water partition coefficient (Wildman–Crippen LogP) is 3.76. The average Bonchev–Trinajstić information content (AvgIpc) is 2.25. The fourth-order valence-corrected chi connectivity index (χ4v) is 2.62. The number of halogens is 1. The van der Waals surface area contributed by atoms with E-state index in [2.05, 4.69) is 15.9 Å². The van der Waals surface area contributed by atoms with E-state index in [4.69, 9.17) is 0 Å². The van der Waals surface area contributed by atoms with E-state index in [1.807, 2.05) is 30.5 Å². The van der Waals surface area contributed by atoms with Gasteiger partial charge in [-0.2, -0.15) is 11.8 Å². The quantitative estimate of drug-likeness (QED) is 0.813. The van der Waals surface area contributed by atoms with Gasteiger partial charge in [-0.1, -0.05) is 34.1 Å². The van der Waals surface area contributed by atoms with E-state index in [0.717, 1.165) is 22.2 Å². The van der Waals surface area contributed by atoms with Crippen molar-refractivity contribution in [2.45, 2.75) is 18.8 Å². The van der Waals surface area contributed by atoms with Gasteiger partial charge in [0.1, 0.15) is 0 Å². The van der Waals surface area contributed by atoms with Crippen LogP contribution in [-0.2, 0) is 4.79 Å². The number of carboxylic acid groups (broad SMARTS) is 1. The highest BCUT2D eigenvalue weighted by Crippen LogP contribution is 2.28. The lowest BCUT2D eigenvalue weighted by Crippen LogP contribution is -2.12. The molecule has 16 heavy (non-hydrogen) atoms. The van der Waals surface area contributed by atoms with E-state index >= 15 is 0 Å². The number of aliphatic carboxylic acids is 1. The van der Waals surface area contributed by atoms with Crippen molar-refractivity contribution < 1.29 is 9.90 Å². The van der Waals surface area contributed by atoms with Crippen molar-refractivity contribution in [1.82, 2.24) is 0 Å².